The number of aromatic nitrogens is 2. The highest BCUT2D eigenvalue weighted by molar-refractivity contribution is 9.10. The number of halogens is 2. The number of carbonyl (C=O) groups is 3. The number of ketones is 1. The van der Waals surface area contributed by atoms with E-state index in [0.717, 1.165) is 34.3 Å². The van der Waals surface area contributed by atoms with Crippen LogP contribution in [-0.2, 0) is 30.3 Å². The molecule has 45 heavy (non-hydrogen) atoms. The van der Waals surface area contributed by atoms with Crippen molar-refractivity contribution in [3.05, 3.63) is 51.8 Å². The number of benzene rings is 1. The number of aliphatic hydroxyl groups is 1. The average molecular weight is 702 g/mol. The predicted molar refractivity (Wildman–Crippen MR) is 174 cm³/mol. The normalized spacial score (nSPS) is 36.6. The zero-order valence-electron chi connectivity index (χ0n) is 26.6. The summed E-state index contributed by atoms with van der Waals surface area (Å²) in [6.45, 7) is 8.97. The zero-order chi connectivity index (χ0) is 32.5. The third kappa shape index (κ3) is 4.54. The fourth-order valence-corrected chi connectivity index (χ4v) is 10.6. The molecule has 8 atom stereocenters. The molecule has 3 saturated carbocycles. The minimum atomic E-state index is -1.54. The van der Waals surface area contributed by atoms with E-state index < -0.39 is 51.7 Å². The summed E-state index contributed by atoms with van der Waals surface area (Å²) < 4.78 is 14.4. The topological polar surface area (TPSA) is 108 Å². The van der Waals surface area contributed by atoms with Crippen molar-refractivity contribution >= 4 is 51.3 Å². The Balaban J connectivity index is 1.39. The van der Waals surface area contributed by atoms with Gasteiger partial charge in [0.1, 0.15) is 0 Å². The van der Waals surface area contributed by atoms with Gasteiger partial charge in [-0.1, -0.05) is 62.2 Å². The van der Waals surface area contributed by atoms with Crippen LogP contribution in [0, 0.1) is 28.6 Å². The Kier molecular flexibility index (Phi) is 8.18. The minimum absolute atomic E-state index is 0.102. The first-order chi connectivity index (χ1) is 21.3. The summed E-state index contributed by atoms with van der Waals surface area (Å²) in [6, 6.07) is 8.04. The average Bonchev–Trinajstić information content (AvgIpc) is 3.50. The lowest BCUT2D eigenvalue weighted by molar-refractivity contribution is -0.204. The molecule has 0 unspecified atom stereocenters. The van der Waals surface area contributed by atoms with Gasteiger partial charge in [0.05, 0.1) is 28.6 Å². The van der Waals surface area contributed by atoms with E-state index in [2.05, 4.69) is 28.9 Å². The van der Waals surface area contributed by atoms with Gasteiger partial charge in [-0.15, -0.1) is 11.6 Å². The van der Waals surface area contributed by atoms with Crippen molar-refractivity contribution in [1.29, 1.82) is 0 Å². The van der Waals surface area contributed by atoms with Crippen molar-refractivity contribution in [2.45, 2.75) is 96.1 Å². The molecule has 8 nitrogen and oxygen atoms in total. The highest BCUT2D eigenvalue weighted by Crippen LogP contribution is 2.72. The maximum absolute atomic E-state index is 14.1. The van der Waals surface area contributed by atoms with Crippen molar-refractivity contribution in [2.24, 2.45) is 28.6 Å². The Morgan fingerprint density at radius 3 is 2.58 bits per heavy atom. The lowest BCUT2D eigenvalue weighted by Gasteiger charge is -2.65. The van der Waals surface area contributed by atoms with Crippen molar-refractivity contribution in [3.8, 4) is 5.69 Å². The molecule has 242 valence electrons. The summed E-state index contributed by atoms with van der Waals surface area (Å²) in [6.07, 6.45) is 6.29. The maximum Gasteiger partial charge on any atom is 0.306 e. The molecule has 0 aliphatic heterocycles. The van der Waals surface area contributed by atoms with Crippen LogP contribution in [0.1, 0.15) is 84.4 Å². The van der Waals surface area contributed by atoms with Gasteiger partial charge < -0.3 is 14.6 Å². The molecule has 4 aliphatic carbocycles. The van der Waals surface area contributed by atoms with E-state index in [1.54, 1.807) is 13.8 Å². The van der Waals surface area contributed by atoms with Crippen molar-refractivity contribution < 1.29 is 29.0 Å². The van der Waals surface area contributed by atoms with E-state index in [4.69, 9.17) is 26.2 Å². The molecular formula is C35H42BrClN2O6. The molecule has 6 rings (SSSR count). The first-order valence-electron chi connectivity index (χ1n) is 16.1. The van der Waals surface area contributed by atoms with E-state index >= 15 is 0 Å². The summed E-state index contributed by atoms with van der Waals surface area (Å²) in [5.74, 6) is -2.01. The third-order valence-electron chi connectivity index (χ3n) is 11.8. The van der Waals surface area contributed by atoms with Gasteiger partial charge in [0.25, 0.3) is 0 Å². The fourth-order valence-electron chi connectivity index (χ4n) is 9.66. The van der Waals surface area contributed by atoms with Gasteiger partial charge in [-0.05, 0) is 73.8 Å². The van der Waals surface area contributed by atoms with Gasteiger partial charge in [-0.25, -0.2) is 4.68 Å². The molecule has 1 heterocycles. The maximum atomic E-state index is 14.1. The SMILES string of the molecule is CCC(=O)OCC(=O)[C@@]1(OC(=O)CC)[C@@H](C)C[C@H]2[C@@H]3CCC4=Cc5c(cnn5-c5cccc(Br)c5)C[C@]4(C)[C@@]3(Cl)[C@@H](O)C[C@@]21C. The van der Waals surface area contributed by atoms with Crippen LogP contribution >= 0.6 is 27.5 Å². The summed E-state index contributed by atoms with van der Waals surface area (Å²) in [4.78, 5) is 38.1. The number of allylic oxidation sites excluding steroid dienone is 1. The van der Waals surface area contributed by atoms with Gasteiger partial charge in [0.15, 0.2) is 12.2 Å². The fraction of sp³-hybridized carbons (Fsp3) is 0.600. The Morgan fingerprint density at radius 2 is 1.89 bits per heavy atom. The lowest BCUT2D eigenvalue weighted by atomic mass is 9.44. The largest absolute Gasteiger partial charge is 0.457 e. The molecule has 0 saturated heterocycles. The molecule has 0 bridgehead atoms. The number of carbonyl (C=O) groups excluding carboxylic acids is 3. The highest BCUT2D eigenvalue weighted by Gasteiger charge is 2.76. The monoisotopic (exact) mass is 700 g/mol. The van der Waals surface area contributed by atoms with E-state index in [1.165, 1.54) is 5.57 Å². The standard InChI is InChI=1S/C35H42BrClN2O6/c1-6-30(42)44-19-29(41)35(45-31(43)7-2)20(3)13-26-25-12-11-22-14-27-21(18-38-39(27)24-10-8-9-23(36)15-24)16-32(22,4)34(25,37)28(40)17-33(26,35)5/h8-10,14-15,18,20,25-26,28,40H,6-7,11-13,16-17,19H2,1-5H3/t20-,25-,26-,28-,32-,33-,34-,35-/m0/s1. The van der Waals surface area contributed by atoms with Crippen LogP contribution in [0.25, 0.3) is 11.8 Å². The number of alkyl halides is 1. The van der Waals surface area contributed by atoms with Crippen molar-refractivity contribution in [3.63, 3.8) is 0 Å². The molecular weight excluding hydrogens is 660 g/mol. The van der Waals surface area contributed by atoms with Crippen LogP contribution < -0.4 is 0 Å². The van der Waals surface area contributed by atoms with E-state index in [1.807, 2.05) is 49.0 Å². The van der Waals surface area contributed by atoms with Crippen LogP contribution in [0.15, 0.2) is 40.5 Å². The van der Waals surface area contributed by atoms with Gasteiger partial charge in [-0.3, -0.25) is 14.4 Å². The molecule has 3 fully saturated rings. The zero-order valence-corrected chi connectivity index (χ0v) is 28.9. The van der Waals surface area contributed by atoms with Crippen LogP contribution in [0.4, 0.5) is 0 Å². The van der Waals surface area contributed by atoms with Crippen molar-refractivity contribution in [1.82, 2.24) is 9.78 Å². The minimum Gasteiger partial charge on any atom is -0.457 e. The van der Waals surface area contributed by atoms with Crippen LogP contribution in [0.2, 0.25) is 0 Å². The Bertz CT molecular complexity index is 1590. The van der Waals surface area contributed by atoms with E-state index in [0.29, 0.717) is 12.8 Å². The number of fused-ring (bicyclic) bond motifs is 6. The van der Waals surface area contributed by atoms with Gasteiger partial charge in [-0.2, -0.15) is 5.10 Å². The quantitative estimate of drug-likeness (QED) is 0.256. The molecule has 0 spiro atoms. The number of aliphatic hydroxyl groups excluding tert-OH is 1. The van der Waals surface area contributed by atoms with Crippen LogP contribution in [0.5, 0.6) is 0 Å². The van der Waals surface area contributed by atoms with Crippen LogP contribution in [0.3, 0.4) is 0 Å². The first-order valence-corrected chi connectivity index (χ1v) is 17.3. The number of hydrogen-bond acceptors (Lipinski definition) is 7. The predicted octanol–water partition coefficient (Wildman–Crippen LogP) is 6.61. The van der Waals surface area contributed by atoms with Gasteiger partial charge in [0.2, 0.25) is 5.78 Å². The second-order valence-electron chi connectivity index (χ2n) is 13.9. The first kappa shape index (κ1) is 32.5. The molecule has 1 N–H and O–H groups in total. The molecule has 4 aliphatic rings. The molecule has 1 aromatic heterocycles. The number of Topliss-reactive ketones (excluding diaryl/α,β-unsaturated/α-hetero) is 1. The number of nitrogens with zero attached hydrogens (tertiary/aromatic N) is 2. The highest BCUT2D eigenvalue weighted by atomic mass is 79.9. The summed E-state index contributed by atoms with van der Waals surface area (Å²) in [7, 11) is 0. The summed E-state index contributed by atoms with van der Waals surface area (Å²) in [5, 5.41) is 17.0. The second kappa shape index (κ2) is 11.3. The Hall–Kier alpha value is -2.49. The van der Waals surface area contributed by atoms with Crippen LogP contribution in [-0.4, -0.2) is 55.8 Å². The molecule has 10 heteroatoms. The second-order valence-corrected chi connectivity index (χ2v) is 15.5. The lowest BCUT2D eigenvalue weighted by Crippen LogP contribution is -2.70. The van der Waals surface area contributed by atoms with Gasteiger partial charge >= 0.3 is 11.9 Å². The summed E-state index contributed by atoms with van der Waals surface area (Å²) >= 11 is 11.4. The Labute approximate surface area is 278 Å². The number of hydrogen-bond donors (Lipinski definition) is 1. The third-order valence-corrected chi connectivity index (χ3v) is 13.2. The number of esters is 2. The van der Waals surface area contributed by atoms with E-state index in [9.17, 15) is 19.5 Å². The molecule has 1 aromatic carbocycles. The number of ether oxygens (including phenoxy) is 2. The van der Waals surface area contributed by atoms with Crippen molar-refractivity contribution in [2.75, 3.05) is 6.61 Å². The Morgan fingerprint density at radius 1 is 1.16 bits per heavy atom. The summed E-state index contributed by atoms with van der Waals surface area (Å²) in [5.41, 5.74) is 1.24. The molecule has 2 aromatic rings. The van der Waals surface area contributed by atoms with E-state index in [-0.39, 0.29) is 37.0 Å². The molecule has 0 radical (unpaired) electrons. The smallest absolute Gasteiger partial charge is 0.306 e. The number of rotatable bonds is 7. The molecule has 0 amide bonds. The van der Waals surface area contributed by atoms with Gasteiger partial charge in [0, 0.05) is 34.1 Å².